The Morgan fingerprint density at radius 1 is 1.40 bits per heavy atom. The van der Waals surface area contributed by atoms with E-state index in [0.29, 0.717) is 5.92 Å². The molecular weight excluding hydrogens is 119 g/mol. The van der Waals surface area contributed by atoms with Crippen molar-refractivity contribution < 1.29 is 0 Å². The molecule has 2 atom stereocenters. The van der Waals surface area contributed by atoms with E-state index in [9.17, 15) is 0 Å². The summed E-state index contributed by atoms with van der Waals surface area (Å²) in [5, 5.41) is 0.0516. The third-order valence-corrected chi connectivity index (χ3v) is 2.61. The zero-order valence-electron chi connectivity index (χ0n) is 7.78. The molecule has 2 unspecified atom stereocenters. The van der Waals surface area contributed by atoms with Crippen LogP contribution < -0.4 is 0 Å². The molecule has 58 valence electrons. The van der Waals surface area contributed by atoms with Crippen LogP contribution in [0.15, 0.2) is 0 Å². The first-order valence-corrected chi connectivity index (χ1v) is 4.33. The standard InChI is InChI=1S/C9H19B/c1-5-7-8(3)9(4,10)6-2/h8H,5-7H2,1-4H3. The van der Waals surface area contributed by atoms with E-state index in [2.05, 4.69) is 27.7 Å². The predicted molar refractivity (Wildman–Crippen MR) is 48.5 cm³/mol. The van der Waals surface area contributed by atoms with Gasteiger partial charge in [0.05, 0.1) is 7.85 Å². The minimum absolute atomic E-state index is 0.0516. The Bertz CT molecular complexity index is 86.7. The molecule has 0 aromatic rings. The van der Waals surface area contributed by atoms with Crippen molar-refractivity contribution in [1.29, 1.82) is 0 Å². The van der Waals surface area contributed by atoms with Crippen LogP contribution in [0.25, 0.3) is 0 Å². The molecule has 0 nitrogen and oxygen atoms in total. The molecule has 0 amide bonds. The maximum absolute atomic E-state index is 6.05. The van der Waals surface area contributed by atoms with E-state index in [1.54, 1.807) is 0 Å². The average molecular weight is 138 g/mol. The summed E-state index contributed by atoms with van der Waals surface area (Å²) in [5.74, 6) is 0.655. The fourth-order valence-corrected chi connectivity index (χ4v) is 1.11. The van der Waals surface area contributed by atoms with E-state index >= 15 is 0 Å². The largest absolute Gasteiger partial charge is 0.0746 e. The van der Waals surface area contributed by atoms with E-state index in [0.717, 1.165) is 6.42 Å². The van der Waals surface area contributed by atoms with Crippen molar-refractivity contribution in [3.63, 3.8) is 0 Å². The van der Waals surface area contributed by atoms with E-state index in [-0.39, 0.29) is 5.31 Å². The highest BCUT2D eigenvalue weighted by molar-refractivity contribution is 6.15. The highest BCUT2D eigenvalue weighted by Crippen LogP contribution is 2.37. The average Bonchev–Trinajstić information content (AvgIpc) is 1.89. The lowest BCUT2D eigenvalue weighted by molar-refractivity contribution is 0.373. The third kappa shape index (κ3) is 2.77. The zero-order chi connectivity index (χ0) is 8.20. The van der Waals surface area contributed by atoms with E-state index in [1.807, 2.05) is 0 Å². The van der Waals surface area contributed by atoms with Crippen LogP contribution in [0.2, 0.25) is 5.31 Å². The smallest absolute Gasteiger partial charge is 0.0674 e. The summed E-state index contributed by atoms with van der Waals surface area (Å²) in [6.45, 7) is 8.76. The SMILES string of the molecule is [B]C(C)(CC)C(C)CCC. The molecule has 0 saturated carbocycles. The summed E-state index contributed by atoms with van der Waals surface area (Å²) in [6, 6.07) is 0. The lowest BCUT2D eigenvalue weighted by Crippen LogP contribution is -2.16. The molecule has 0 saturated heterocycles. The van der Waals surface area contributed by atoms with Crippen molar-refractivity contribution in [3.05, 3.63) is 0 Å². The minimum Gasteiger partial charge on any atom is -0.0674 e. The van der Waals surface area contributed by atoms with Crippen LogP contribution in [0.1, 0.15) is 47.0 Å². The van der Waals surface area contributed by atoms with Gasteiger partial charge in [-0.2, -0.15) is 0 Å². The lowest BCUT2D eigenvalue weighted by atomic mass is 9.60. The van der Waals surface area contributed by atoms with Crippen molar-refractivity contribution in [3.8, 4) is 0 Å². The molecule has 0 aliphatic heterocycles. The van der Waals surface area contributed by atoms with Gasteiger partial charge in [0, 0.05) is 0 Å². The Labute approximate surface area is 66.8 Å². The summed E-state index contributed by atoms with van der Waals surface area (Å²) >= 11 is 0. The van der Waals surface area contributed by atoms with Crippen LogP contribution in [0.5, 0.6) is 0 Å². The molecule has 1 heteroatoms. The molecule has 0 aliphatic carbocycles. The summed E-state index contributed by atoms with van der Waals surface area (Å²) in [5.41, 5.74) is 0. The molecule has 0 heterocycles. The van der Waals surface area contributed by atoms with Gasteiger partial charge in [-0.3, -0.25) is 0 Å². The molecule has 0 rings (SSSR count). The number of hydrogen-bond acceptors (Lipinski definition) is 0. The molecule has 0 spiro atoms. The maximum atomic E-state index is 6.05. The van der Waals surface area contributed by atoms with Gasteiger partial charge in [0.15, 0.2) is 0 Å². The van der Waals surface area contributed by atoms with Gasteiger partial charge in [0.1, 0.15) is 0 Å². The molecular formula is C9H19B. The molecule has 0 aliphatic rings. The molecule has 0 aromatic carbocycles. The Hall–Kier alpha value is 0.0649. The van der Waals surface area contributed by atoms with Gasteiger partial charge in [-0.05, 0) is 5.92 Å². The van der Waals surface area contributed by atoms with Gasteiger partial charge < -0.3 is 0 Å². The normalized spacial score (nSPS) is 20.0. The van der Waals surface area contributed by atoms with E-state index in [1.165, 1.54) is 12.8 Å². The monoisotopic (exact) mass is 138 g/mol. The summed E-state index contributed by atoms with van der Waals surface area (Å²) in [6.07, 6.45) is 3.57. The van der Waals surface area contributed by atoms with Crippen molar-refractivity contribution in [2.24, 2.45) is 5.92 Å². The second kappa shape index (κ2) is 4.05. The number of hydrogen-bond donors (Lipinski definition) is 0. The second-order valence-electron chi connectivity index (χ2n) is 3.55. The van der Waals surface area contributed by atoms with Gasteiger partial charge >= 0.3 is 0 Å². The molecule has 0 fully saturated rings. The fourth-order valence-electron chi connectivity index (χ4n) is 1.11. The second-order valence-corrected chi connectivity index (χ2v) is 3.55. The van der Waals surface area contributed by atoms with Gasteiger partial charge in [-0.15, -0.1) is 0 Å². The Morgan fingerprint density at radius 3 is 2.20 bits per heavy atom. The number of rotatable bonds is 4. The maximum Gasteiger partial charge on any atom is 0.0746 e. The van der Waals surface area contributed by atoms with Crippen LogP contribution in [0.4, 0.5) is 0 Å². The molecule has 0 N–H and O–H groups in total. The third-order valence-electron chi connectivity index (χ3n) is 2.61. The van der Waals surface area contributed by atoms with Crippen molar-refractivity contribution in [1.82, 2.24) is 0 Å². The van der Waals surface area contributed by atoms with E-state index in [4.69, 9.17) is 7.85 Å². The van der Waals surface area contributed by atoms with Gasteiger partial charge in [-0.1, -0.05) is 52.3 Å². The summed E-state index contributed by atoms with van der Waals surface area (Å²) in [7, 11) is 6.05. The van der Waals surface area contributed by atoms with E-state index < -0.39 is 0 Å². The first-order chi connectivity index (χ1) is 4.54. The van der Waals surface area contributed by atoms with Crippen LogP contribution in [0, 0.1) is 5.92 Å². The van der Waals surface area contributed by atoms with Crippen LogP contribution in [-0.4, -0.2) is 7.85 Å². The molecule has 2 radical (unpaired) electrons. The predicted octanol–water partition coefficient (Wildman–Crippen LogP) is 3.18. The van der Waals surface area contributed by atoms with Gasteiger partial charge in [0.25, 0.3) is 0 Å². The summed E-state index contributed by atoms with van der Waals surface area (Å²) in [4.78, 5) is 0. The Kier molecular flexibility index (Phi) is 4.08. The zero-order valence-corrected chi connectivity index (χ0v) is 7.78. The van der Waals surface area contributed by atoms with Crippen molar-refractivity contribution in [2.75, 3.05) is 0 Å². The molecule has 0 bridgehead atoms. The molecule has 0 aromatic heterocycles. The highest BCUT2D eigenvalue weighted by atomic mass is 14.2. The van der Waals surface area contributed by atoms with Gasteiger partial charge in [0.2, 0.25) is 0 Å². The van der Waals surface area contributed by atoms with Gasteiger partial charge in [-0.25, -0.2) is 0 Å². The Morgan fingerprint density at radius 2 is 1.90 bits per heavy atom. The molecule has 10 heavy (non-hydrogen) atoms. The summed E-state index contributed by atoms with van der Waals surface area (Å²) < 4.78 is 0. The van der Waals surface area contributed by atoms with Crippen LogP contribution in [-0.2, 0) is 0 Å². The lowest BCUT2D eigenvalue weighted by Gasteiger charge is -2.30. The first kappa shape index (κ1) is 10.1. The minimum atomic E-state index is 0.0516. The highest BCUT2D eigenvalue weighted by Gasteiger charge is 2.21. The van der Waals surface area contributed by atoms with Crippen LogP contribution in [0.3, 0.4) is 0 Å². The Balaban J connectivity index is 3.78. The van der Waals surface area contributed by atoms with Crippen LogP contribution >= 0.6 is 0 Å². The van der Waals surface area contributed by atoms with Crippen molar-refractivity contribution in [2.45, 2.75) is 52.3 Å². The van der Waals surface area contributed by atoms with Crippen molar-refractivity contribution >= 4 is 7.85 Å². The quantitative estimate of drug-likeness (QED) is 0.523. The first-order valence-electron chi connectivity index (χ1n) is 4.33. The fraction of sp³-hybridized carbons (Fsp3) is 1.00. The topological polar surface area (TPSA) is 0 Å².